The zero-order valence-electron chi connectivity index (χ0n) is 9.66. The van der Waals surface area contributed by atoms with Crippen molar-refractivity contribution in [2.45, 2.75) is 26.2 Å². The summed E-state index contributed by atoms with van der Waals surface area (Å²) in [6.45, 7) is 2.91. The molecule has 1 heterocycles. The van der Waals surface area contributed by atoms with Crippen molar-refractivity contribution >= 4 is 0 Å². The number of likely N-dealkylation sites (tertiary alicyclic amines) is 1. The molecule has 0 spiro atoms. The molecule has 0 aliphatic carbocycles. The van der Waals surface area contributed by atoms with Crippen LogP contribution in [0, 0.1) is 20.2 Å². The Hall–Kier alpha value is -1.92. The van der Waals surface area contributed by atoms with Gasteiger partial charge in [0.1, 0.15) is 0 Å². The van der Waals surface area contributed by atoms with Gasteiger partial charge in [-0.05, 0) is 26.2 Å². The van der Waals surface area contributed by atoms with Crippen molar-refractivity contribution in [1.82, 2.24) is 4.90 Å². The zero-order valence-corrected chi connectivity index (χ0v) is 9.66. The molecule has 1 saturated heterocycles. The fourth-order valence-corrected chi connectivity index (χ4v) is 1.74. The fraction of sp³-hybridized carbons (Fsp3) is 0.600. The van der Waals surface area contributed by atoms with Crippen molar-refractivity contribution in [1.29, 1.82) is 0 Å². The predicted octanol–water partition coefficient (Wildman–Crippen LogP) is 1.77. The minimum Gasteiger partial charge on any atom is -0.372 e. The van der Waals surface area contributed by atoms with E-state index in [0.717, 1.165) is 32.4 Å². The minimum atomic E-state index is -0.678. The third-order valence-electron chi connectivity index (χ3n) is 2.60. The molecule has 0 saturated carbocycles. The molecule has 0 aromatic rings. The smallest absolute Gasteiger partial charge is 0.294 e. The Kier molecular flexibility index (Phi) is 4.62. The van der Waals surface area contributed by atoms with Crippen LogP contribution in [-0.2, 0) is 0 Å². The monoisotopic (exact) mass is 241 g/mol. The molecule has 94 valence electrons. The summed E-state index contributed by atoms with van der Waals surface area (Å²) >= 11 is 0. The topological polar surface area (TPSA) is 89.5 Å². The summed E-state index contributed by atoms with van der Waals surface area (Å²) in [4.78, 5) is 21.7. The first kappa shape index (κ1) is 13.1. The van der Waals surface area contributed by atoms with Crippen LogP contribution in [0.3, 0.4) is 0 Å². The van der Waals surface area contributed by atoms with E-state index in [9.17, 15) is 20.2 Å². The normalized spacial score (nSPS) is 18.1. The Morgan fingerprint density at radius 2 is 1.76 bits per heavy atom. The quantitative estimate of drug-likeness (QED) is 0.425. The molecule has 0 atom stereocenters. The first-order chi connectivity index (χ1) is 8.00. The van der Waals surface area contributed by atoms with E-state index in [2.05, 4.69) is 0 Å². The number of rotatable bonds is 4. The van der Waals surface area contributed by atoms with Gasteiger partial charge in [0.2, 0.25) is 6.20 Å². The van der Waals surface area contributed by atoms with Crippen LogP contribution in [0.15, 0.2) is 23.7 Å². The Labute approximate surface area is 98.7 Å². The SMILES string of the molecule is CC(=C/[N+](=O)[O-])/C(=C/N1CCCCC1)[N+](=O)[O-]. The van der Waals surface area contributed by atoms with Crippen molar-refractivity contribution in [3.8, 4) is 0 Å². The van der Waals surface area contributed by atoms with Gasteiger partial charge in [-0.3, -0.25) is 20.2 Å². The molecule has 1 aliphatic rings. The Balaban J connectivity index is 2.87. The van der Waals surface area contributed by atoms with Crippen molar-refractivity contribution in [2.75, 3.05) is 13.1 Å². The maximum atomic E-state index is 10.8. The Bertz CT molecular complexity index is 370. The number of allylic oxidation sites excluding steroid dienone is 1. The predicted molar refractivity (Wildman–Crippen MR) is 61.3 cm³/mol. The lowest BCUT2D eigenvalue weighted by Gasteiger charge is -2.24. The highest BCUT2D eigenvalue weighted by atomic mass is 16.6. The highest BCUT2D eigenvalue weighted by Gasteiger charge is 2.19. The van der Waals surface area contributed by atoms with Gasteiger partial charge in [-0.15, -0.1) is 0 Å². The molecule has 1 rings (SSSR count). The van der Waals surface area contributed by atoms with Gasteiger partial charge >= 0.3 is 0 Å². The lowest BCUT2D eigenvalue weighted by atomic mass is 10.1. The molecule has 0 amide bonds. The third kappa shape index (κ3) is 4.21. The summed E-state index contributed by atoms with van der Waals surface area (Å²) in [5, 5.41) is 21.1. The van der Waals surface area contributed by atoms with Gasteiger partial charge in [0.05, 0.1) is 21.6 Å². The summed E-state index contributed by atoms with van der Waals surface area (Å²) in [6.07, 6.45) is 5.20. The second kappa shape index (κ2) is 5.97. The average Bonchev–Trinajstić information content (AvgIpc) is 2.25. The first-order valence-electron chi connectivity index (χ1n) is 5.43. The van der Waals surface area contributed by atoms with Crippen LogP contribution >= 0.6 is 0 Å². The van der Waals surface area contributed by atoms with Gasteiger partial charge < -0.3 is 4.90 Å². The number of hydrogen-bond acceptors (Lipinski definition) is 5. The second-order valence-corrected chi connectivity index (χ2v) is 3.97. The summed E-state index contributed by atoms with van der Waals surface area (Å²) in [5.41, 5.74) is -0.144. The van der Waals surface area contributed by atoms with Crippen LogP contribution in [0.2, 0.25) is 0 Å². The fourth-order valence-electron chi connectivity index (χ4n) is 1.74. The van der Waals surface area contributed by atoms with Crippen LogP contribution in [0.1, 0.15) is 26.2 Å². The molecule has 7 heteroatoms. The van der Waals surface area contributed by atoms with E-state index in [0.29, 0.717) is 6.20 Å². The van der Waals surface area contributed by atoms with Crippen LogP contribution in [0.4, 0.5) is 0 Å². The summed E-state index contributed by atoms with van der Waals surface area (Å²) in [6, 6.07) is 0. The Morgan fingerprint density at radius 3 is 2.24 bits per heavy atom. The van der Waals surface area contributed by atoms with Crippen molar-refractivity contribution in [3.05, 3.63) is 43.9 Å². The second-order valence-electron chi connectivity index (χ2n) is 3.97. The molecule has 1 fully saturated rings. The lowest BCUT2D eigenvalue weighted by molar-refractivity contribution is -0.427. The molecule has 1 aliphatic heterocycles. The Morgan fingerprint density at radius 1 is 1.18 bits per heavy atom. The number of piperidine rings is 1. The van der Waals surface area contributed by atoms with Crippen LogP contribution in [-0.4, -0.2) is 27.8 Å². The summed E-state index contributed by atoms with van der Waals surface area (Å²) < 4.78 is 0. The molecule has 0 unspecified atom stereocenters. The van der Waals surface area contributed by atoms with E-state index < -0.39 is 9.85 Å². The van der Waals surface area contributed by atoms with Gasteiger partial charge in [-0.1, -0.05) is 0 Å². The van der Waals surface area contributed by atoms with Gasteiger partial charge in [-0.25, -0.2) is 0 Å². The molecule has 7 nitrogen and oxygen atoms in total. The highest BCUT2D eigenvalue weighted by molar-refractivity contribution is 5.20. The standard InChI is InChI=1S/C10H15N3O4/c1-9(7-12(14)15)10(13(16)17)8-11-5-3-2-4-6-11/h7-8H,2-6H2,1H3/b9-7-,10-8-. The van der Waals surface area contributed by atoms with Gasteiger partial charge in [0.15, 0.2) is 0 Å². The molecule has 0 radical (unpaired) electrons. The van der Waals surface area contributed by atoms with Crippen molar-refractivity contribution < 1.29 is 9.85 Å². The van der Waals surface area contributed by atoms with E-state index in [1.54, 1.807) is 0 Å². The van der Waals surface area contributed by atoms with Crippen molar-refractivity contribution in [2.24, 2.45) is 0 Å². The molecule has 0 aromatic heterocycles. The molecule has 17 heavy (non-hydrogen) atoms. The van der Waals surface area contributed by atoms with Crippen LogP contribution in [0.5, 0.6) is 0 Å². The van der Waals surface area contributed by atoms with Crippen LogP contribution in [0.25, 0.3) is 0 Å². The first-order valence-corrected chi connectivity index (χ1v) is 5.43. The molecule has 0 bridgehead atoms. The minimum absolute atomic E-state index is 0.0607. The lowest BCUT2D eigenvalue weighted by Crippen LogP contribution is -2.25. The van der Waals surface area contributed by atoms with Gasteiger partial charge in [0, 0.05) is 13.1 Å². The summed E-state index contributed by atoms with van der Waals surface area (Å²) in [5.74, 6) is 0. The average molecular weight is 241 g/mol. The third-order valence-corrected chi connectivity index (χ3v) is 2.60. The maximum absolute atomic E-state index is 10.8. The van der Waals surface area contributed by atoms with Gasteiger partial charge in [-0.2, -0.15) is 0 Å². The number of nitro groups is 2. The van der Waals surface area contributed by atoms with E-state index in [1.807, 2.05) is 4.90 Å². The van der Waals surface area contributed by atoms with E-state index in [-0.39, 0.29) is 11.3 Å². The van der Waals surface area contributed by atoms with E-state index >= 15 is 0 Å². The van der Waals surface area contributed by atoms with Gasteiger partial charge in [0.25, 0.3) is 5.70 Å². The number of hydrogen-bond donors (Lipinski definition) is 0. The highest BCUT2D eigenvalue weighted by Crippen LogP contribution is 2.15. The maximum Gasteiger partial charge on any atom is 0.294 e. The molecular formula is C10H15N3O4. The van der Waals surface area contributed by atoms with E-state index in [1.165, 1.54) is 13.1 Å². The molecule has 0 aromatic carbocycles. The molecular weight excluding hydrogens is 226 g/mol. The summed E-state index contributed by atoms with van der Waals surface area (Å²) in [7, 11) is 0. The van der Waals surface area contributed by atoms with E-state index in [4.69, 9.17) is 0 Å². The largest absolute Gasteiger partial charge is 0.372 e. The molecule has 0 N–H and O–H groups in total. The zero-order chi connectivity index (χ0) is 12.8. The number of nitrogens with zero attached hydrogens (tertiary/aromatic N) is 3. The van der Waals surface area contributed by atoms with Crippen molar-refractivity contribution in [3.63, 3.8) is 0 Å². The van der Waals surface area contributed by atoms with Crippen LogP contribution < -0.4 is 0 Å².